The van der Waals surface area contributed by atoms with Gasteiger partial charge in [0.1, 0.15) is 0 Å². The van der Waals surface area contributed by atoms with Gasteiger partial charge in [-0.1, -0.05) is 10.6 Å². The van der Waals surface area contributed by atoms with Crippen LogP contribution in [0.2, 0.25) is 0 Å². The van der Waals surface area contributed by atoms with E-state index in [9.17, 15) is 0 Å². The van der Waals surface area contributed by atoms with Gasteiger partial charge in [0.2, 0.25) is 0 Å². The van der Waals surface area contributed by atoms with Gasteiger partial charge in [-0.25, -0.2) is 0 Å². The van der Waals surface area contributed by atoms with Gasteiger partial charge in [-0.15, -0.1) is 16.4 Å². The predicted octanol–water partition coefficient (Wildman–Crippen LogP) is 2.23. The first-order valence-electron chi connectivity index (χ1n) is 4.41. The van der Waals surface area contributed by atoms with Gasteiger partial charge >= 0.3 is 0 Å². The first kappa shape index (κ1) is 9.76. The fourth-order valence-electron chi connectivity index (χ4n) is 1.23. The summed E-state index contributed by atoms with van der Waals surface area (Å²) in [7, 11) is 0. The van der Waals surface area contributed by atoms with E-state index in [0.717, 1.165) is 17.7 Å². The molecule has 2 aromatic rings. The zero-order valence-corrected chi connectivity index (χ0v) is 9.22. The lowest BCUT2D eigenvalue weighted by Crippen LogP contribution is -2.09. The molecule has 0 bridgehead atoms. The highest BCUT2D eigenvalue weighted by Gasteiger charge is 2.08. The molecule has 3 nitrogen and oxygen atoms in total. The third-order valence-corrected chi connectivity index (χ3v) is 3.76. The van der Waals surface area contributed by atoms with Crippen molar-refractivity contribution in [1.82, 2.24) is 9.59 Å². The zero-order chi connectivity index (χ0) is 9.80. The lowest BCUT2D eigenvalue weighted by Gasteiger charge is -2.06. The van der Waals surface area contributed by atoms with Crippen molar-refractivity contribution < 1.29 is 0 Å². The Hall–Kier alpha value is -0.780. The SMILES string of the molecule is NC(CCc1cccs1)c1cnns1. The maximum atomic E-state index is 5.99. The van der Waals surface area contributed by atoms with Crippen molar-refractivity contribution in [1.29, 1.82) is 0 Å². The number of thiophene rings is 1. The first-order chi connectivity index (χ1) is 6.86. The molecule has 0 aliphatic rings. The number of hydrogen-bond donors (Lipinski definition) is 1. The van der Waals surface area contributed by atoms with Crippen LogP contribution < -0.4 is 5.73 Å². The Morgan fingerprint density at radius 1 is 1.50 bits per heavy atom. The van der Waals surface area contributed by atoms with Crippen LogP contribution in [-0.2, 0) is 6.42 Å². The molecule has 5 heteroatoms. The third kappa shape index (κ3) is 2.37. The summed E-state index contributed by atoms with van der Waals surface area (Å²) >= 11 is 3.16. The molecule has 14 heavy (non-hydrogen) atoms. The summed E-state index contributed by atoms with van der Waals surface area (Å²) in [4.78, 5) is 2.46. The van der Waals surface area contributed by atoms with Crippen LogP contribution in [0.3, 0.4) is 0 Å². The van der Waals surface area contributed by atoms with Crippen molar-refractivity contribution in [2.75, 3.05) is 0 Å². The summed E-state index contributed by atoms with van der Waals surface area (Å²) in [5, 5.41) is 5.87. The van der Waals surface area contributed by atoms with Gasteiger partial charge in [0, 0.05) is 10.9 Å². The van der Waals surface area contributed by atoms with Crippen molar-refractivity contribution in [3.8, 4) is 0 Å². The second-order valence-electron chi connectivity index (χ2n) is 3.04. The molecule has 0 fully saturated rings. The number of rotatable bonds is 4. The fourth-order valence-corrected chi connectivity index (χ4v) is 2.49. The standard InChI is InChI=1S/C9H11N3S2/c10-8(9-6-11-12-14-9)4-3-7-2-1-5-13-7/h1-2,5-6,8H,3-4,10H2. The van der Waals surface area contributed by atoms with Gasteiger partial charge in [-0.05, 0) is 35.8 Å². The number of aryl methyl sites for hydroxylation is 1. The number of hydrogen-bond acceptors (Lipinski definition) is 5. The van der Waals surface area contributed by atoms with Crippen molar-refractivity contribution in [2.45, 2.75) is 18.9 Å². The molecule has 2 N–H and O–H groups in total. The van der Waals surface area contributed by atoms with E-state index in [1.54, 1.807) is 17.5 Å². The van der Waals surface area contributed by atoms with Crippen molar-refractivity contribution in [2.24, 2.45) is 5.73 Å². The van der Waals surface area contributed by atoms with E-state index in [0.29, 0.717) is 0 Å². The molecule has 0 radical (unpaired) electrons. The van der Waals surface area contributed by atoms with Crippen molar-refractivity contribution >= 4 is 22.9 Å². The van der Waals surface area contributed by atoms with Gasteiger partial charge in [-0.2, -0.15) is 0 Å². The highest BCUT2D eigenvalue weighted by Crippen LogP contribution is 2.20. The molecule has 1 unspecified atom stereocenters. The fraction of sp³-hybridized carbons (Fsp3) is 0.333. The Labute approximate surface area is 90.8 Å². The average Bonchev–Trinajstić information content (AvgIpc) is 2.87. The molecule has 0 aromatic carbocycles. The average molecular weight is 225 g/mol. The molecule has 0 amide bonds. The minimum Gasteiger partial charge on any atom is -0.323 e. The van der Waals surface area contributed by atoms with E-state index < -0.39 is 0 Å². The van der Waals surface area contributed by atoms with Crippen LogP contribution in [0, 0.1) is 0 Å². The van der Waals surface area contributed by atoms with Gasteiger partial charge in [-0.3, -0.25) is 0 Å². The van der Waals surface area contributed by atoms with Crippen LogP contribution >= 0.6 is 22.9 Å². The first-order valence-corrected chi connectivity index (χ1v) is 6.07. The monoisotopic (exact) mass is 225 g/mol. The molecule has 2 rings (SSSR count). The highest BCUT2D eigenvalue weighted by molar-refractivity contribution is 7.09. The minimum atomic E-state index is 0.0806. The van der Waals surface area contributed by atoms with Gasteiger partial charge in [0.05, 0.1) is 11.1 Å². The molecular weight excluding hydrogens is 214 g/mol. The van der Waals surface area contributed by atoms with Crippen molar-refractivity contribution in [3.63, 3.8) is 0 Å². The maximum absolute atomic E-state index is 5.99. The lowest BCUT2D eigenvalue weighted by molar-refractivity contribution is 0.665. The molecule has 0 saturated carbocycles. The molecule has 0 saturated heterocycles. The summed E-state index contributed by atoms with van der Waals surface area (Å²) < 4.78 is 3.80. The molecule has 0 aliphatic heterocycles. The van der Waals surface area contributed by atoms with Gasteiger partial charge in [0.15, 0.2) is 0 Å². The minimum absolute atomic E-state index is 0.0806. The summed E-state index contributed by atoms with van der Waals surface area (Å²) in [6.07, 6.45) is 3.75. The van der Waals surface area contributed by atoms with Gasteiger partial charge in [0.25, 0.3) is 0 Å². The smallest absolute Gasteiger partial charge is 0.0669 e. The predicted molar refractivity (Wildman–Crippen MR) is 59.5 cm³/mol. The van der Waals surface area contributed by atoms with E-state index in [2.05, 4.69) is 27.1 Å². The molecule has 2 aromatic heterocycles. The Morgan fingerprint density at radius 3 is 3.07 bits per heavy atom. The van der Waals surface area contributed by atoms with Crippen LogP contribution in [0.25, 0.3) is 0 Å². The van der Waals surface area contributed by atoms with Crippen LogP contribution in [0.5, 0.6) is 0 Å². The topological polar surface area (TPSA) is 51.8 Å². The second kappa shape index (κ2) is 4.63. The second-order valence-corrected chi connectivity index (χ2v) is 4.89. The van der Waals surface area contributed by atoms with E-state index in [1.807, 2.05) is 0 Å². The molecule has 1 atom stereocenters. The van der Waals surface area contributed by atoms with Crippen LogP contribution in [0.4, 0.5) is 0 Å². The molecular formula is C9H11N3S2. The van der Waals surface area contributed by atoms with E-state index >= 15 is 0 Å². The molecule has 0 spiro atoms. The van der Waals surface area contributed by atoms with E-state index in [1.165, 1.54) is 16.4 Å². The van der Waals surface area contributed by atoms with Gasteiger partial charge < -0.3 is 5.73 Å². The summed E-state index contributed by atoms with van der Waals surface area (Å²) in [5.41, 5.74) is 5.99. The molecule has 2 heterocycles. The Bertz CT molecular complexity index is 355. The van der Waals surface area contributed by atoms with Crippen LogP contribution in [0.1, 0.15) is 22.2 Å². The lowest BCUT2D eigenvalue weighted by atomic mass is 10.1. The van der Waals surface area contributed by atoms with E-state index in [4.69, 9.17) is 5.73 Å². The largest absolute Gasteiger partial charge is 0.323 e. The number of nitrogens with zero attached hydrogens (tertiary/aromatic N) is 2. The van der Waals surface area contributed by atoms with Crippen LogP contribution in [-0.4, -0.2) is 9.59 Å². The van der Waals surface area contributed by atoms with Crippen LogP contribution in [0.15, 0.2) is 23.7 Å². The highest BCUT2D eigenvalue weighted by atomic mass is 32.1. The summed E-state index contributed by atoms with van der Waals surface area (Å²) in [6, 6.07) is 4.29. The molecule has 0 aliphatic carbocycles. The molecule has 74 valence electrons. The Kier molecular flexibility index (Phi) is 3.23. The maximum Gasteiger partial charge on any atom is 0.0669 e. The van der Waals surface area contributed by atoms with Crippen molar-refractivity contribution in [3.05, 3.63) is 33.5 Å². The third-order valence-electron chi connectivity index (χ3n) is 2.03. The zero-order valence-electron chi connectivity index (χ0n) is 7.59. The summed E-state index contributed by atoms with van der Waals surface area (Å²) in [6.45, 7) is 0. The normalized spacial score (nSPS) is 12.9. The Morgan fingerprint density at radius 2 is 2.43 bits per heavy atom. The summed E-state index contributed by atoms with van der Waals surface area (Å²) in [5.74, 6) is 0. The Balaban J connectivity index is 1.87. The van der Waals surface area contributed by atoms with E-state index in [-0.39, 0.29) is 6.04 Å². The number of nitrogens with two attached hydrogens (primary N) is 1. The number of aromatic nitrogens is 2. The quantitative estimate of drug-likeness (QED) is 0.868.